The summed E-state index contributed by atoms with van der Waals surface area (Å²) in [6, 6.07) is 13.1. The van der Waals surface area contributed by atoms with E-state index in [9.17, 15) is 14.7 Å². The van der Waals surface area contributed by atoms with Gasteiger partial charge in [0.25, 0.3) is 0 Å². The molecule has 5 nitrogen and oxygen atoms in total. The molecule has 3 aromatic rings. The molecule has 0 radical (unpaired) electrons. The lowest BCUT2D eigenvalue weighted by atomic mass is 9.98. The number of hydrogen-bond acceptors (Lipinski definition) is 2. The maximum Gasteiger partial charge on any atom is 0.305 e. The molecule has 0 fully saturated rings. The van der Waals surface area contributed by atoms with Crippen molar-refractivity contribution in [3.8, 4) is 0 Å². The van der Waals surface area contributed by atoms with Crippen LogP contribution in [0.4, 0.5) is 0 Å². The minimum atomic E-state index is -0.941. The van der Waals surface area contributed by atoms with E-state index in [1.807, 2.05) is 49.5 Å². The van der Waals surface area contributed by atoms with Gasteiger partial charge in [-0.3, -0.25) is 9.59 Å². The highest BCUT2D eigenvalue weighted by Gasteiger charge is 2.20. The molecule has 0 aliphatic carbocycles. The van der Waals surface area contributed by atoms with Gasteiger partial charge in [0.15, 0.2) is 0 Å². The number of rotatable bonds is 7. The SMILES string of the molecule is CCc1cccc2c(CC(=O)NC(CC(=O)O)c3ccccc3C)c[nH]c12. The molecule has 1 amide bonds. The van der Waals surface area contributed by atoms with Gasteiger partial charge in [-0.15, -0.1) is 0 Å². The largest absolute Gasteiger partial charge is 0.481 e. The second kappa shape index (κ2) is 8.08. The zero-order valence-corrected chi connectivity index (χ0v) is 15.6. The first-order chi connectivity index (χ1) is 13.0. The standard InChI is InChI=1S/C22H24N2O3/c1-3-15-8-6-10-18-16(13-23-22(15)18)11-20(25)24-19(12-21(26)27)17-9-5-4-7-14(17)2/h4-10,13,19,23H,3,11-12H2,1-2H3,(H,24,25)(H,26,27). The second-order valence-electron chi connectivity index (χ2n) is 6.76. The van der Waals surface area contributed by atoms with E-state index in [2.05, 4.69) is 23.3 Å². The monoisotopic (exact) mass is 364 g/mol. The predicted octanol–water partition coefficient (Wildman–Crippen LogP) is 3.91. The minimum Gasteiger partial charge on any atom is -0.481 e. The number of para-hydroxylation sites is 1. The molecule has 0 bridgehead atoms. The molecule has 1 heterocycles. The van der Waals surface area contributed by atoms with Crippen LogP contribution in [-0.4, -0.2) is 22.0 Å². The number of fused-ring (bicyclic) bond motifs is 1. The van der Waals surface area contributed by atoms with Crippen LogP contribution in [0.25, 0.3) is 10.9 Å². The maximum atomic E-state index is 12.7. The number of carbonyl (C=O) groups is 2. The number of hydrogen-bond donors (Lipinski definition) is 3. The highest BCUT2D eigenvalue weighted by Crippen LogP contribution is 2.24. The highest BCUT2D eigenvalue weighted by atomic mass is 16.4. The molecule has 3 rings (SSSR count). The Bertz CT molecular complexity index is 975. The molecular formula is C22H24N2O3. The smallest absolute Gasteiger partial charge is 0.305 e. The van der Waals surface area contributed by atoms with Gasteiger partial charge < -0.3 is 15.4 Å². The quantitative estimate of drug-likeness (QED) is 0.594. The van der Waals surface area contributed by atoms with E-state index < -0.39 is 12.0 Å². The number of nitrogens with one attached hydrogen (secondary N) is 2. The van der Waals surface area contributed by atoms with Gasteiger partial charge in [-0.05, 0) is 35.6 Å². The molecule has 140 valence electrons. The number of H-pyrrole nitrogens is 1. The maximum absolute atomic E-state index is 12.7. The molecule has 0 spiro atoms. The van der Waals surface area contributed by atoms with Crippen molar-refractivity contribution in [1.29, 1.82) is 0 Å². The Hall–Kier alpha value is -3.08. The zero-order chi connectivity index (χ0) is 19.4. The Labute approximate surface area is 158 Å². The van der Waals surface area contributed by atoms with Crippen LogP contribution in [-0.2, 0) is 22.4 Å². The summed E-state index contributed by atoms with van der Waals surface area (Å²) in [5, 5.41) is 13.2. The molecule has 0 aliphatic heterocycles. The van der Waals surface area contributed by atoms with E-state index in [0.717, 1.165) is 34.0 Å². The van der Waals surface area contributed by atoms with Crippen molar-refractivity contribution in [3.63, 3.8) is 0 Å². The number of aromatic amines is 1. The summed E-state index contributed by atoms with van der Waals surface area (Å²) in [4.78, 5) is 27.2. The van der Waals surface area contributed by atoms with Crippen LogP contribution in [0.3, 0.4) is 0 Å². The number of benzene rings is 2. The molecule has 1 unspecified atom stereocenters. The van der Waals surface area contributed by atoms with Crippen molar-refractivity contribution in [2.45, 2.75) is 39.2 Å². The van der Waals surface area contributed by atoms with E-state index in [-0.39, 0.29) is 18.7 Å². The van der Waals surface area contributed by atoms with Crippen LogP contribution in [0.1, 0.15) is 41.6 Å². The fraction of sp³-hybridized carbons (Fsp3) is 0.273. The van der Waals surface area contributed by atoms with E-state index in [0.29, 0.717) is 0 Å². The van der Waals surface area contributed by atoms with Gasteiger partial charge in [0.2, 0.25) is 5.91 Å². The van der Waals surface area contributed by atoms with Crippen LogP contribution in [0.15, 0.2) is 48.7 Å². The second-order valence-corrected chi connectivity index (χ2v) is 6.76. The molecule has 1 aromatic heterocycles. The summed E-state index contributed by atoms with van der Waals surface area (Å²) in [7, 11) is 0. The van der Waals surface area contributed by atoms with Crippen LogP contribution in [0, 0.1) is 6.92 Å². The number of amides is 1. The van der Waals surface area contributed by atoms with Crippen molar-refractivity contribution in [2.24, 2.45) is 0 Å². The topological polar surface area (TPSA) is 82.2 Å². The third kappa shape index (κ3) is 4.19. The summed E-state index contributed by atoms with van der Waals surface area (Å²) in [5.74, 6) is -1.13. The Balaban J connectivity index is 1.81. The Kier molecular flexibility index (Phi) is 5.60. The highest BCUT2D eigenvalue weighted by molar-refractivity contribution is 5.90. The van der Waals surface area contributed by atoms with Crippen LogP contribution >= 0.6 is 0 Å². The molecule has 2 aromatic carbocycles. The number of aryl methyl sites for hydroxylation is 2. The summed E-state index contributed by atoms with van der Waals surface area (Å²) in [6.45, 7) is 4.02. The molecule has 1 atom stereocenters. The van der Waals surface area contributed by atoms with Gasteiger partial charge in [0, 0.05) is 17.1 Å². The van der Waals surface area contributed by atoms with Crippen molar-refractivity contribution >= 4 is 22.8 Å². The normalized spacial score (nSPS) is 12.1. The molecule has 5 heteroatoms. The molecule has 0 aliphatic rings. The number of aromatic nitrogens is 1. The fourth-order valence-electron chi connectivity index (χ4n) is 3.53. The van der Waals surface area contributed by atoms with Crippen molar-refractivity contribution in [3.05, 3.63) is 70.9 Å². The minimum absolute atomic E-state index is 0.148. The van der Waals surface area contributed by atoms with Crippen LogP contribution in [0.2, 0.25) is 0 Å². The summed E-state index contributed by atoms with van der Waals surface area (Å²) in [5.41, 5.74) is 4.98. The first-order valence-corrected chi connectivity index (χ1v) is 9.14. The molecule has 27 heavy (non-hydrogen) atoms. The van der Waals surface area contributed by atoms with Crippen LogP contribution in [0.5, 0.6) is 0 Å². The third-order valence-corrected chi connectivity index (χ3v) is 4.90. The summed E-state index contributed by atoms with van der Waals surface area (Å²) in [6.07, 6.45) is 2.83. The Morgan fingerprint density at radius 1 is 1.11 bits per heavy atom. The molecule has 0 saturated carbocycles. The van der Waals surface area contributed by atoms with Gasteiger partial charge in [-0.25, -0.2) is 0 Å². The van der Waals surface area contributed by atoms with E-state index >= 15 is 0 Å². The molecule has 3 N–H and O–H groups in total. The fourth-order valence-corrected chi connectivity index (χ4v) is 3.53. The van der Waals surface area contributed by atoms with E-state index in [1.165, 1.54) is 5.56 Å². The zero-order valence-electron chi connectivity index (χ0n) is 15.6. The Morgan fingerprint density at radius 3 is 2.59 bits per heavy atom. The van der Waals surface area contributed by atoms with Crippen molar-refractivity contribution < 1.29 is 14.7 Å². The van der Waals surface area contributed by atoms with Crippen LogP contribution < -0.4 is 5.32 Å². The summed E-state index contributed by atoms with van der Waals surface area (Å²) < 4.78 is 0. The number of carboxylic acid groups (broad SMARTS) is 1. The van der Waals surface area contributed by atoms with Gasteiger partial charge in [-0.1, -0.05) is 49.4 Å². The number of aliphatic carboxylic acids is 1. The average Bonchev–Trinajstić information content (AvgIpc) is 3.04. The lowest BCUT2D eigenvalue weighted by Crippen LogP contribution is -2.31. The van der Waals surface area contributed by atoms with Crippen molar-refractivity contribution in [2.75, 3.05) is 0 Å². The van der Waals surface area contributed by atoms with Gasteiger partial charge in [0.05, 0.1) is 18.9 Å². The molecule has 0 saturated heterocycles. The third-order valence-electron chi connectivity index (χ3n) is 4.90. The lowest BCUT2D eigenvalue weighted by molar-refractivity contribution is -0.137. The Morgan fingerprint density at radius 2 is 1.89 bits per heavy atom. The molecular weight excluding hydrogens is 340 g/mol. The number of carbonyl (C=O) groups excluding carboxylic acids is 1. The number of carboxylic acids is 1. The van der Waals surface area contributed by atoms with E-state index in [4.69, 9.17) is 0 Å². The predicted molar refractivity (Wildman–Crippen MR) is 106 cm³/mol. The van der Waals surface area contributed by atoms with Gasteiger partial charge in [0.1, 0.15) is 0 Å². The summed E-state index contributed by atoms with van der Waals surface area (Å²) >= 11 is 0. The average molecular weight is 364 g/mol. The van der Waals surface area contributed by atoms with Gasteiger partial charge >= 0.3 is 5.97 Å². The first-order valence-electron chi connectivity index (χ1n) is 9.14. The lowest BCUT2D eigenvalue weighted by Gasteiger charge is -2.19. The van der Waals surface area contributed by atoms with Crippen molar-refractivity contribution in [1.82, 2.24) is 10.3 Å². The first kappa shape index (κ1) is 18.7. The van der Waals surface area contributed by atoms with Gasteiger partial charge in [-0.2, -0.15) is 0 Å². The van der Waals surface area contributed by atoms with E-state index in [1.54, 1.807) is 0 Å².